The molecule has 4 rings (SSSR count). The van der Waals surface area contributed by atoms with Gasteiger partial charge in [0, 0.05) is 16.5 Å². The molecule has 0 bridgehead atoms. The highest BCUT2D eigenvalue weighted by atomic mass is 35.5. The summed E-state index contributed by atoms with van der Waals surface area (Å²) in [6.07, 6.45) is -0.582. The molecule has 212 valence electrons. The molecule has 0 aromatic heterocycles. The summed E-state index contributed by atoms with van der Waals surface area (Å²) in [7, 11) is 0. The van der Waals surface area contributed by atoms with Gasteiger partial charge in [-0.1, -0.05) is 72.9 Å². The summed E-state index contributed by atoms with van der Waals surface area (Å²) < 4.78 is 6.56. The van der Waals surface area contributed by atoms with E-state index in [9.17, 15) is 24.8 Å². The van der Waals surface area contributed by atoms with Crippen molar-refractivity contribution in [1.29, 1.82) is 5.26 Å². The van der Waals surface area contributed by atoms with E-state index in [0.29, 0.717) is 34.0 Å². The van der Waals surface area contributed by atoms with Gasteiger partial charge in [-0.25, -0.2) is 0 Å². The van der Waals surface area contributed by atoms with Gasteiger partial charge in [0.25, 0.3) is 5.91 Å². The van der Waals surface area contributed by atoms with Crippen LogP contribution in [0, 0.1) is 11.3 Å². The van der Waals surface area contributed by atoms with E-state index >= 15 is 0 Å². The molecule has 0 aliphatic carbocycles. The molecule has 3 aromatic rings. The van der Waals surface area contributed by atoms with Crippen molar-refractivity contribution < 1.29 is 24.2 Å². The molecule has 0 saturated carbocycles. The number of halogens is 2. The minimum absolute atomic E-state index is 0.202. The number of aliphatic carboxylic acids is 1. The number of morpholine rings is 1. The number of nitrogens with one attached hydrogen (secondary N) is 1. The van der Waals surface area contributed by atoms with Crippen molar-refractivity contribution in [3.63, 3.8) is 0 Å². The fourth-order valence-electron chi connectivity index (χ4n) is 5.03. The number of nitriles is 1. The number of carboxylic acid groups (broad SMARTS) is 1. The second-order valence-corrected chi connectivity index (χ2v) is 10.6. The lowest BCUT2D eigenvalue weighted by atomic mass is 9.88. The highest BCUT2D eigenvalue weighted by Gasteiger charge is 2.48. The second-order valence-electron chi connectivity index (χ2n) is 9.77. The lowest BCUT2D eigenvalue weighted by Crippen LogP contribution is -2.59. The maximum absolute atomic E-state index is 14.3. The third-order valence-electron chi connectivity index (χ3n) is 6.96. The first kappa shape index (κ1) is 30.1. The minimum Gasteiger partial charge on any atom is -0.480 e. The molecule has 2 N–H and O–H groups in total. The molecule has 0 radical (unpaired) electrons. The predicted octanol–water partition coefficient (Wildman–Crippen LogP) is 5.49. The van der Waals surface area contributed by atoms with E-state index in [-0.39, 0.29) is 6.42 Å². The van der Waals surface area contributed by atoms with Gasteiger partial charge in [0.1, 0.15) is 24.8 Å². The number of amides is 2. The second kappa shape index (κ2) is 13.6. The molecule has 1 aliphatic heterocycles. The molecule has 10 heteroatoms. The van der Waals surface area contributed by atoms with Crippen molar-refractivity contribution in [2.45, 2.75) is 50.5 Å². The molecule has 2 amide bonds. The lowest BCUT2D eigenvalue weighted by Gasteiger charge is -2.47. The SMILES string of the molecule is CCC[C@@H](C(=O)NCC(=O)O)N1C(=O)[C@@H](Cc2ccc(C#N)cc2)O[C@H](c2ccc(Cl)cc2)[C@@H]1c1ccc(Cl)cc1. The van der Waals surface area contributed by atoms with Gasteiger partial charge in [-0.05, 0) is 59.5 Å². The van der Waals surface area contributed by atoms with Crippen molar-refractivity contribution in [2.24, 2.45) is 0 Å². The Hall–Kier alpha value is -3.90. The molecule has 0 unspecified atom stereocenters. The Kier molecular flexibility index (Phi) is 10.0. The van der Waals surface area contributed by atoms with Crippen LogP contribution in [0.4, 0.5) is 0 Å². The van der Waals surface area contributed by atoms with Crippen LogP contribution in [0.25, 0.3) is 0 Å². The quantitative estimate of drug-likeness (QED) is 0.321. The number of hydrogen-bond donors (Lipinski definition) is 2. The smallest absolute Gasteiger partial charge is 0.322 e. The van der Waals surface area contributed by atoms with Gasteiger partial charge < -0.3 is 20.1 Å². The predicted molar refractivity (Wildman–Crippen MR) is 154 cm³/mol. The largest absolute Gasteiger partial charge is 0.480 e. The molecule has 1 heterocycles. The van der Waals surface area contributed by atoms with Crippen LogP contribution < -0.4 is 5.32 Å². The standard InChI is InChI=1S/C31H29Cl2N3O5/c1-2-3-25(30(39)35-18-27(37)38)36-28(21-8-12-23(32)13-9-21)29(22-10-14-24(33)15-11-22)41-26(31(36)40)16-19-4-6-20(17-34)7-5-19/h4-15,25-26,28-29H,2-3,16,18H2,1H3,(H,35,39)(H,37,38)/t25-,26+,28-,29+/m0/s1. The van der Waals surface area contributed by atoms with Crippen molar-refractivity contribution in [3.8, 4) is 6.07 Å². The van der Waals surface area contributed by atoms with Crippen molar-refractivity contribution in [1.82, 2.24) is 10.2 Å². The van der Waals surface area contributed by atoms with Crippen LogP contribution in [0.1, 0.15) is 54.2 Å². The Morgan fingerprint density at radius 2 is 1.59 bits per heavy atom. The minimum atomic E-state index is -1.19. The fourth-order valence-corrected chi connectivity index (χ4v) is 5.28. The maximum Gasteiger partial charge on any atom is 0.322 e. The topological polar surface area (TPSA) is 120 Å². The summed E-state index contributed by atoms with van der Waals surface area (Å²) >= 11 is 12.4. The van der Waals surface area contributed by atoms with Crippen LogP contribution in [0.15, 0.2) is 72.8 Å². The third-order valence-corrected chi connectivity index (χ3v) is 7.46. The van der Waals surface area contributed by atoms with Gasteiger partial charge in [-0.15, -0.1) is 0 Å². The average molecular weight is 594 g/mol. The van der Waals surface area contributed by atoms with Crippen LogP contribution in [-0.4, -0.2) is 46.5 Å². The molecule has 1 saturated heterocycles. The molecule has 0 spiro atoms. The average Bonchev–Trinajstić information content (AvgIpc) is 2.97. The zero-order valence-electron chi connectivity index (χ0n) is 22.3. The monoisotopic (exact) mass is 593 g/mol. The number of carbonyl (C=O) groups excluding carboxylic acids is 2. The molecule has 3 aromatic carbocycles. The van der Waals surface area contributed by atoms with Gasteiger partial charge in [0.15, 0.2) is 0 Å². The Morgan fingerprint density at radius 1 is 1.00 bits per heavy atom. The number of carbonyl (C=O) groups is 3. The zero-order chi connectivity index (χ0) is 29.5. The lowest BCUT2D eigenvalue weighted by molar-refractivity contribution is -0.181. The number of rotatable bonds is 10. The normalized spacial score (nSPS) is 19.3. The summed E-state index contributed by atoms with van der Waals surface area (Å²) in [6, 6.07) is 21.4. The number of nitrogens with zero attached hydrogens (tertiary/aromatic N) is 2. The Labute approximate surface area is 248 Å². The van der Waals surface area contributed by atoms with E-state index in [1.165, 1.54) is 0 Å². The molecule has 4 atom stereocenters. The van der Waals surface area contributed by atoms with E-state index in [1.807, 2.05) is 19.1 Å². The first-order valence-corrected chi connectivity index (χ1v) is 13.9. The zero-order valence-corrected chi connectivity index (χ0v) is 23.8. The molecule has 1 fully saturated rings. The number of ether oxygens (including phenoxy) is 1. The van der Waals surface area contributed by atoms with Gasteiger partial charge in [0.05, 0.1) is 17.7 Å². The van der Waals surface area contributed by atoms with E-state index in [0.717, 1.165) is 11.1 Å². The van der Waals surface area contributed by atoms with Crippen molar-refractivity contribution in [3.05, 3.63) is 105 Å². The number of benzene rings is 3. The van der Waals surface area contributed by atoms with E-state index < -0.39 is 48.6 Å². The van der Waals surface area contributed by atoms with Crippen LogP contribution in [0.3, 0.4) is 0 Å². The molecular formula is C31H29Cl2N3O5. The Balaban J connectivity index is 1.84. The summed E-state index contributed by atoms with van der Waals surface area (Å²) in [5, 5.41) is 21.9. The maximum atomic E-state index is 14.3. The van der Waals surface area contributed by atoms with Crippen LogP contribution in [0.2, 0.25) is 10.0 Å². The Morgan fingerprint density at radius 3 is 2.12 bits per heavy atom. The van der Waals surface area contributed by atoms with Gasteiger partial charge in [0.2, 0.25) is 5.91 Å². The van der Waals surface area contributed by atoms with E-state index in [2.05, 4.69) is 11.4 Å². The number of carboxylic acids is 1. The summed E-state index contributed by atoms with van der Waals surface area (Å²) in [6.45, 7) is 1.32. The number of hydrogen-bond acceptors (Lipinski definition) is 5. The van der Waals surface area contributed by atoms with E-state index in [1.54, 1.807) is 65.6 Å². The summed E-state index contributed by atoms with van der Waals surface area (Å²) in [4.78, 5) is 40.5. The third kappa shape index (κ3) is 7.25. The highest BCUT2D eigenvalue weighted by Crippen LogP contribution is 2.44. The summed E-state index contributed by atoms with van der Waals surface area (Å²) in [5.74, 6) is -2.15. The van der Waals surface area contributed by atoms with Gasteiger partial charge in [-0.3, -0.25) is 14.4 Å². The molecular weight excluding hydrogens is 565 g/mol. The fraction of sp³-hybridized carbons (Fsp3) is 0.290. The molecule has 41 heavy (non-hydrogen) atoms. The van der Waals surface area contributed by atoms with Crippen molar-refractivity contribution in [2.75, 3.05) is 6.54 Å². The first-order valence-electron chi connectivity index (χ1n) is 13.2. The molecule has 1 aliphatic rings. The van der Waals surface area contributed by atoms with Gasteiger partial charge >= 0.3 is 5.97 Å². The van der Waals surface area contributed by atoms with Gasteiger partial charge in [-0.2, -0.15) is 5.26 Å². The Bertz CT molecular complexity index is 1420. The van der Waals surface area contributed by atoms with E-state index in [4.69, 9.17) is 27.9 Å². The van der Waals surface area contributed by atoms with Crippen LogP contribution >= 0.6 is 23.2 Å². The van der Waals surface area contributed by atoms with Crippen LogP contribution in [0.5, 0.6) is 0 Å². The first-order chi connectivity index (χ1) is 19.7. The summed E-state index contributed by atoms with van der Waals surface area (Å²) in [5.41, 5.74) is 2.72. The highest BCUT2D eigenvalue weighted by molar-refractivity contribution is 6.30. The van der Waals surface area contributed by atoms with Crippen molar-refractivity contribution >= 4 is 41.0 Å². The van der Waals surface area contributed by atoms with Crippen LogP contribution in [-0.2, 0) is 25.5 Å². The molecule has 8 nitrogen and oxygen atoms in total.